The van der Waals surface area contributed by atoms with Crippen molar-refractivity contribution in [2.75, 3.05) is 11.9 Å². The predicted molar refractivity (Wildman–Crippen MR) is 133 cm³/mol. The van der Waals surface area contributed by atoms with Crippen LogP contribution in [0.2, 0.25) is 5.02 Å². The molecule has 0 fully saturated rings. The Balaban J connectivity index is 1.48. The molecule has 4 rings (SSSR count). The molecule has 2 aromatic heterocycles. The summed E-state index contributed by atoms with van der Waals surface area (Å²) >= 11 is 7.21. The summed E-state index contributed by atoms with van der Waals surface area (Å²) in [6.07, 6.45) is 4.68. The van der Waals surface area contributed by atoms with Crippen molar-refractivity contribution in [3.05, 3.63) is 61.3 Å². The molecular weight excluding hydrogens is 494 g/mol. The van der Waals surface area contributed by atoms with Crippen LogP contribution in [-0.2, 0) is 27.2 Å². The second kappa shape index (κ2) is 10.4. The van der Waals surface area contributed by atoms with Crippen molar-refractivity contribution in [2.45, 2.75) is 33.1 Å². The first-order valence-electron chi connectivity index (χ1n) is 11.0. The summed E-state index contributed by atoms with van der Waals surface area (Å²) in [5.41, 5.74) is 3.26. The molecule has 0 radical (unpaired) electrons. The molecule has 0 saturated carbocycles. The van der Waals surface area contributed by atoms with Gasteiger partial charge in [0.15, 0.2) is 0 Å². The van der Waals surface area contributed by atoms with E-state index in [1.807, 2.05) is 0 Å². The highest BCUT2D eigenvalue weighted by Crippen LogP contribution is 2.40. The lowest BCUT2D eigenvalue weighted by Gasteiger charge is -2.18. The van der Waals surface area contributed by atoms with Gasteiger partial charge in [-0.25, -0.2) is 10.2 Å². The van der Waals surface area contributed by atoms with E-state index in [4.69, 9.17) is 20.8 Å². The molecule has 2 heterocycles. The predicted octanol–water partition coefficient (Wildman–Crippen LogP) is 3.90. The first-order valence-corrected chi connectivity index (χ1v) is 12.1. The highest BCUT2D eigenvalue weighted by atomic mass is 35.5. The molecule has 2 N–H and O–H groups in total. The van der Waals surface area contributed by atoms with Crippen LogP contribution in [0.5, 0.6) is 0 Å². The molecule has 11 heteroatoms. The Morgan fingerprint density at radius 1 is 1.31 bits per heavy atom. The topological polar surface area (TPSA) is 127 Å². The van der Waals surface area contributed by atoms with Crippen molar-refractivity contribution in [3.63, 3.8) is 0 Å². The average Bonchev–Trinajstić information content (AvgIpc) is 3.17. The van der Waals surface area contributed by atoms with Crippen molar-refractivity contribution in [1.29, 1.82) is 0 Å². The fourth-order valence-corrected chi connectivity index (χ4v) is 5.40. The van der Waals surface area contributed by atoms with E-state index >= 15 is 0 Å². The number of nitrogens with one attached hydrogen (secondary N) is 2. The van der Waals surface area contributed by atoms with E-state index in [1.165, 1.54) is 23.7 Å². The molecule has 1 aromatic carbocycles. The Morgan fingerprint density at radius 2 is 2.11 bits per heavy atom. The van der Waals surface area contributed by atoms with Crippen molar-refractivity contribution >= 4 is 62.9 Å². The van der Waals surface area contributed by atoms with Gasteiger partial charge in [0.25, 0.3) is 0 Å². The number of ether oxygens (including phenoxy) is 1. The van der Waals surface area contributed by atoms with Gasteiger partial charge in [-0.1, -0.05) is 18.5 Å². The van der Waals surface area contributed by atoms with E-state index in [0.29, 0.717) is 28.5 Å². The van der Waals surface area contributed by atoms with Crippen LogP contribution in [0.15, 0.2) is 38.8 Å². The van der Waals surface area contributed by atoms with E-state index in [-0.39, 0.29) is 22.6 Å². The second-order valence-electron chi connectivity index (χ2n) is 8.09. The minimum atomic E-state index is -1.07. The lowest BCUT2D eigenvalue weighted by Crippen LogP contribution is -2.32. The SMILES string of the molecule is CCOC(=O)c1c(NC(=O)C(=O)NN=Cc2coc3ccc(Cl)cc3c2=O)sc2c1CCC(C)C2. The number of anilines is 1. The minimum absolute atomic E-state index is 0.0603. The number of benzene rings is 1. The Kier molecular flexibility index (Phi) is 7.32. The van der Waals surface area contributed by atoms with Gasteiger partial charge < -0.3 is 14.5 Å². The van der Waals surface area contributed by atoms with Gasteiger partial charge in [0.2, 0.25) is 5.43 Å². The molecule has 0 bridgehead atoms. The summed E-state index contributed by atoms with van der Waals surface area (Å²) in [5.74, 6) is -2.14. The van der Waals surface area contributed by atoms with Crippen LogP contribution in [0.4, 0.5) is 5.00 Å². The second-order valence-corrected chi connectivity index (χ2v) is 9.63. The molecule has 35 heavy (non-hydrogen) atoms. The van der Waals surface area contributed by atoms with Crippen molar-refractivity contribution in [2.24, 2.45) is 11.0 Å². The summed E-state index contributed by atoms with van der Waals surface area (Å²) in [5, 5.41) is 7.10. The molecule has 1 unspecified atom stereocenters. The standard InChI is InChI=1S/C24H22ClN3O6S/c1-3-33-24(32)19-15-6-4-12(2)8-18(15)35-23(19)27-21(30)22(31)28-26-10-13-11-34-17-7-5-14(25)9-16(17)20(13)29/h5,7,9-12H,3-4,6,8H2,1-2H3,(H,27,30)(H,28,31). The average molecular weight is 516 g/mol. The quantitative estimate of drug-likeness (QED) is 0.229. The van der Waals surface area contributed by atoms with E-state index in [9.17, 15) is 19.2 Å². The lowest BCUT2D eigenvalue weighted by atomic mass is 9.88. The number of hydrogen-bond acceptors (Lipinski definition) is 8. The Bertz CT molecular complexity index is 1410. The van der Waals surface area contributed by atoms with E-state index in [1.54, 1.807) is 19.1 Å². The fraction of sp³-hybridized carbons (Fsp3) is 0.292. The molecule has 1 aliphatic rings. The number of amides is 2. The fourth-order valence-electron chi connectivity index (χ4n) is 3.84. The van der Waals surface area contributed by atoms with E-state index in [0.717, 1.165) is 29.5 Å². The molecular formula is C24H22ClN3O6S. The van der Waals surface area contributed by atoms with Crippen molar-refractivity contribution < 1.29 is 23.5 Å². The summed E-state index contributed by atoms with van der Waals surface area (Å²) in [6.45, 7) is 4.02. The zero-order valence-electron chi connectivity index (χ0n) is 19.0. The van der Waals surface area contributed by atoms with Gasteiger partial charge in [0, 0.05) is 9.90 Å². The number of carbonyl (C=O) groups excluding carboxylic acids is 3. The highest BCUT2D eigenvalue weighted by molar-refractivity contribution is 7.17. The third kappa shape index (κ3) is 5.28. The first kappa shape index (κ1) is 24.6. The van der Waals surface area contributed by atoms with E-state index < -0.39 is 23.2 Å². The molecule has 2 amide bonds. The summed E-state index contributed by atoms with van der Waals surface area (Å²) in [6, 6.07) is 4.63. The summed E-state index contributed by atoms with van der Waals surface area (Å²) in [4.78, 5) is 51.0. The molecule has 0 spiro atoms. The van der Waals surface area contributed by atoms with Gasteiger partial charge in [0.05, 0.1) is 29.3 Å². The molecule has 1 atom stereocenters. The number of carbonyl (C=O) groups is 3. The third-order valence-electron chi connectivity index (χ3n) is 5.56. The number of rotatable bonds is 5. The number of hydrazone groups is 1. The number of thiophene rings is 1. The number of fused-ring (bicyclic) bond motifs is 2. The molecule has 0 saturated heterocycles. The zero-order chi connectivity index (χ0) is 25.1. The van der Waals surface area contributed by atoms with Crippen LogP contribution in [-0.4, -0.2) is 30.6 Å². The maximum absolute atomic E-state index is 12.6. The van der Waals surface area contributed by atoms with E-state index in [2.05, 4.69) is 22.8 Å². The van der Waals surface area contributed by atoms with Crippen LogP contribution < -0.4 is 16.2 Å². The highest BCUT2D eigenvalue weighted by Gasteiger charge is 2.30. The van der Waals surface area contributed by atoms with Crippen LogP contribution in [0, 0.1) is 5.92 Å². The van der Waals surface area contributed by atoms with Gasteiger partial charge in [-0.05, 0) is 55.9 Å². The van der Waals surface area contributed by atoms with Gasteiger partial charge in [-0.2, -0.15) is 5.10 Å². The molecule has 3 aromatic rings. The molecule has 9 nitrogen and oxygen atoms in total. The normalized spacial score (nSPS) is 15.1. The van der Waals surface area contributed by atoms with Crippen LogP contribution in [0.25, 0.3) is 11.0 Å². The molecule has 0 aliphatic heterocycles. The summed E-state index contributed by atoms with van der Waals surface area (Å²) < 4.78 is 10.6. The van der Waals surface area contributed by atoms with Crippen LogP contribution in [0.3, 0.4) is 0 Å². The van der Waals surface area contributed by atoms with Crippen molar-refractivity contribution in [1.82, 2.24) is 5.43 Å². The number of hydrogen-bond donors (Lipinski definition) is 2. The maximum Gasteiger partial charge on any atom is 0.341 e. The van der Waals surface area contributed by atoms with Gasteiger partial charge in [0.1, 0.15) is 16.8 Å². The monoisotopic (exact) mass is 515 g/mol. The Hall–Kier alpha value is -3.50. The van der Waals surface area contributed by atoms with Crippen LogP contribution >= 0.6 is 22.9 Å². The largest absolute Gasteiger partial charge is 0.463 e. The lowest BCUT2D eigenvalue weighted by molar-refractivity contribution is -0.136. The zero-order valence-corrected chi connectivity index (χ0v) is 20.5. The third-order valence-corrected chi connectivity index (χ3v) is 6.96. The summed E-state index contributed by atoms with van der Waals surface area (Å²) in [7, 11) is 0. The minimum Gasteiger partial charge on any atom is -0.463 e. The Morgan fingerprint density at radius 3 is 2.89 bits per heavy atom. The first-order chi connectivity index (χ1) is 16.8. The number of nitrogens with zero attached hydrogens (tertiary/aromatic N) is 1. The molecule has 182 valence electrons. The van der Waals surface area contributed by atoms with Gasteiger partial charge in [-0.15, -0.1) is 11.3 Å². The number of esters is 1. The smallest absolute Gasteiger partial charge is 0.341 e. The van der Waals surface area contributed by atoms with Crippen LogP contribution in [0.1, 0.15) is 46.6 Å². The van der Waals surface area contributed by atoms with Gasteiger partial charge in [-0.3, -0.25) is 14.4 Å². The van der Waals surface area contributed by atoms with Crippen molar-refractivity contribution in [3.8, 4) is 0 Å². The Labute approximate surface area is 209 Å². The van der Waals surface area contributed by atoms with Gasteiger partial charge >= 0.3 is 17.8 Å². The molecule has 1 aliphatic carbocycles. The maximum atomic E-state index is 12.6. The number of halogens is 1.